The molecule has 68 valence electrons. The third-order valence-electron chi connectivity index (χ3n) is 2.70. The monoisotopic (exact) mass is 174 g/mol. The molecule has 1 aromatic carbocycles. The van der Waals surface area contributed by atoms with Crippen molar-refractivity contribution in [1.29, 1.82) is 0 Å². The van der Waals surface area contributed by atoms with E-state index in [9.17, 15) is 0 Å². The van der Waals surface area contributed by atoms with Crippen LogP contribution in [0.5, 0.6) is 0 Å². The number of methoxy groups -OCH3 is 1. The van der Waals surface area contributed by atoms with Crippen molar-refractivity contribution in [1.82, 2.24) is 0 Å². The van der Waals surface area contributed by atoms with E-state index in [0.29, 0.717) is 0 Å². The SMILES string of the molecule is COC1C=Cc2c(C)ccc(C)c21. The molecular formula is C12H14O. The maximum atomic E-state index is 5.39. The standard InChI is InChI=1S/C12H14O/c1-8-4-5-9(2)12-10(8)6-7-11(12)13-3/h4-7,11H,1-3H3. The summed E-state index contributed by atoms with van der Waals surface area (Å²) < 4.78 is 5.39. The second kappa shape index (κ2) is 3.00. The van der Waals surface area contributed by atoms with Crippen LogP contribution in [0.2, 0.25) is 0 Å². The first-order chi connectivity index (χ1) is 6.24. The molecule has 0 heterocycles. The van der Waals surface area contributed by atoms with Crippen molar-refractivity contribution in [3.05, 3.63) is 40.5 Å². The van der Waals surface area contributed by atoms with E-state index < -0.39 is 0 Å². The van der Waals surface area contributed by atoms with Gasteiger partial charge in [-0.3, -0.25) is 0 Å². The molecule has 1 unspecified atom stereocenters. The Morgan fingerprint density at radius 3 is 2.54 bits per heavy atom. The molecule has 0 amide bonds. The molecule has 1 aromatic rings. The molecule has 0 aliphatic heterocycles. The highest BCUT2D eigenvalue weighted by Gasteiger charge is 2.19. The molecule has 0 aromatic heterocycles. The molecule has 0 fully saturated rings. The fourth-order valence-corrected chi connectivity index (χ4v) is 1.93. The first-order valence-electron chi connectivity index (χ1n) is 4.55. The predicted octanol–water partition coefficient (Wildman–Crippen LogP) is 3.02. The zero-order valence-corrected chi connectivity index (χ0v) is 8.29. The van der Waals surface area contributed by atoms with Gasteiger partial charge in [-0.25, -0.2) is 0 Å². The first kappa shape index (κ1) is 8.52. The van der Waals surface area contributed by atoms with Crippen molar-refractivity contribution in [3.8, 4) is 0 Å². The fourth-order valence-electron chi connectivity index (χ4n) is 1.93. The summed E-state index contributed by atoms with van der Waals surface area (Å²) in [6.07, 6.45) is 4.44. The van der Waals surface area contributed by atoms with E-state index in [-0.39, 0.29) is 6.10 Å². The van der Waals surface area contributed by atoms with Crippen LogP contribution in [0.3, 0.4) is 0 Å². The lowest BCUT2D eigenvalue weighted by atomic mass is 9.98. The van der Waals surface area contributed by atoms with Gasteiger partial charge in [0, 0.05) is 7.11 Å². The smallest absolute Gasteiger partial charge is 0.101 e. The summed E-state index contributed by atoms with van der Waals surface area (Å²) in [5.74, 6) is 0. The molecule has 0 N–H and O–H groups in total. The zero-order valence-electron chi connectivity index (χ0n) is 8.29. The number of aryl methyl sites for hydroxylation is 2. The Bertz CT molecular complexity index is 364. The number of rotatable bonds is 1. The van der Waals surface area contributed by atoms with Gasteiger partial charge < -0.3 is 4.74 Å². The molecule has 2 rings (SSSR count). The minimum atomic E-state index is 0.162. The number of benzene rings is 1. The lowest BCUT2D eigenvalue weighted by Crippen LogP contribution is -1.99. The summed E-state index contributed by atoms with van der Waals surface area (Å²) in [5, 5.41) is 0. The summed E-state index contributed by atoms with van der Waals surface area (Å²) in [6, 6.07) is 4.32. The van der Waals surface area contributed by atoms with Crippen LogP contribution in [0, 0.1) is 13.8 Å². The Kier molecular flexibility index (Phi) is 1.97. The van der Waals surface area contributed by atoms with Gasteiger partial charge in [0.05, 0.1) is 0 Å². The van der Waals surface area contributed by atoms with Crippen molar-refractivity contribution in [2.75, 3.05) is 7.11 Å². The highest BCUT2D eigenvalue weighted by atomic mass is 16.5. The van der Waals surface area contributed by atoms with Crippen LogP contribution in [0.25, 0.3) is 6.08 Å². The van der Waals surface area contributed by atoms with E-state index in [0.717, 1.165) is 0 Å². The van der Waals surface area contributed by atoms with Crippen LogP contribution in [-0.2, 0) is 4.74 Å². The second-order valence-corrected chi connectivity index (χ2v) is 3.54. The van der Waals surface area contributed by atoms with E-state index in [4.69, 9.17) is 4.74 Å². The highest BCUT2D eigenvalue weighted by Crippen LogP contribution is 2.34. The lowest BCUT2D eigenvalue weighted by Gasteiger charge is -2.13. The van der Waals surface area contributed by atoms with Crippen LogP contribution in [-0.4, -0.2) is 7.11 Å². The van der Waals surface area contributed by atoms with Gasteiger partial charge in [0.25, 0.3) is 0 Å². The molecule has 0 saturated carbocycles. The minimum absolute atomic E-state index is 0.162. The third-order valence-corrected chi connectivity index (χ3v) is 2.70. The van der Waals surface area contributed by atoms with Crippen molar-refractivity contribution in [2.24, 2.45) is 0 Å². The van der Waals surface area contributed by atoms with Gasteiger partial charge in [0.15, 0.2) is 0 Å². The molecule has 0 saturated heterocycles. The Morgan fingerprint density at radius 2 is 1.85 bits per heavy atom. The molecule has 0 radical (unpaired) electrons. The third kappa shape index (κ3) is 1.20. The number of ether oxygens (including phenoxy) is 1. The van der Waals surface area contributed by atoms with Crippen LogP contribution in [0.1, 0.15) is 28.4 Å². The molecule has 1 nitrogen and oxygen atoms in total. The first-order valence-corrected chi connectivity index (χ1v) is 4.55. The van der Waals surface area contributed by atoms with Gasteiger partial charge in [0.2, 0.25) is 0 Å². The van der Waals surface area contributed by atoms with E-state index in [1.165, 1.54) is 22.3 Å². The van der Waals surface area contributed by atoms with E-state index in [2.05, 4.69) is 38.1 Å². The quantitative estimate of drug-likeness (QED) is 0.636. The largest absolute Gasteiger partial charge is 0.373 e. The lowest BCUT2D eigenvalue weighted by molar-refractivity contribution is 0.145. The van der Waals surface area contributed by atoms with Gasteiger partial charge in [-0.2, -0.15) is 0 Å². The van der Waals surface area contributed by atoms with Crippen molar-refractivity contribution in [3.63, 3.8) is 0 Å². The molecular weight excluding hydrogens is 160 g/mol. The second-order valence-electron chi connectivity index (χ2n) is 3.54. The van der Waals surface area contributed by atoms with Crippen LogP contribution in [0.4, 0.5) is 0 Å². The summed E-state index contributed by atoms with van der Waals surface area (Å²) in [6.45, 7) is 4.28. The summed E-state index contributed by atoms with van der Waals surface area (Å²) in [4.78, 5) is 0. The van der Waals surface area contributed by atoms with Crippen LogP contribution >= 0.6 is 0 Å². The van der Waals surface area contributed by atoms with Gasteiger partial charge in [0.1, 0.15) is 6.10 Å². The van der Waals surface area contributed by atoms with Crippen molar-refractivity contribution >= 4 is 6.08 Å². The maximum absolute atomic E-state index is 5.39. The van der Waals surface area contributed by atoms with E-state index in [1.807, 2.05) is 0 Å². The molecule has 1 atom stereocenters. The topological polar surface area (TPSA) is 9.23 Å². The fraction of sp³-hybridized carbons (Fsp3) is 0.333. The maximum Gasteiger partial charge on any atom is 0.101 e. The summed E-state index contributed by atoms with van der Waals surface area (Å²) in [5.41, 5.74) is 5.32. The number of hydrogen-bond acceptors (Lipinski definition) is 1. The van der Waals surface area contributed by atoms with Crippen molar-refractivity contribution < 1.29 is 4.74 Å². The van der Waals surface area contributed by atoms with Crippen molar-refractivity contribution in [2.45, 2.75) is 20.0 Å². The van der Waals surface area contributed by atoms with Gasteiger partial charge in [-0.05, 0) is 36.1 Å². The van der Waals surface area contributed by atoms with Crippen LogP contribution < -0.4 is 0 Å². The Labute approximate surface area is 79.0 Å². The van der Waals surface area contributed by atoms with E-state index >= 15 is 0 Å². The van der Waals surface area contributed by atoms with Crippen LogP contribution in [0.15, 0.2) is 18.2 Å². The minimum Gasteiger partial charge on any atom is -0.373 e. The Morgan fingerprint density at radius 1 is 1.15 bits per heavy atom. The normalized spacial score (nSPS) is 19.2. The Balaban J connectivity index is 2.61. The molecule has 13 heavy (non-hydrogen) atoms. The summed E-state index contributed by atoms with van der Waals surface area (Å²) in [7, 11) is 1.76. The van der Waals surface area contributed by atoms with Gasteiger partial charge in [-0.1, -0.05) is 24.3 Å². The van der Waals surface area contributed by atoms with Gasteiger partial charge in [-0.15, -0.1) is 0 Å². The highest BCUT2D eigenvalue weighted by molar-refractivity contribution is 5.66. The van der Waals surface area contributed by atoms with E-state index in [1.54, 1.807) is 7.11 Å². The van der Waals surface area contributed by atoms with Gasteiger partial charge >= 0.3 is 0 Å². The predicted molar refractivity (Wildman–Crippen MR) is 54.7 cm³/mol. The summed E-state index contributed by atoms with van der Waals surface area (Å²) >= 11 is 0. The number of fused-ring (bicyclic) bond motifs is 1. The average molecular weight is 174 g/mol. The average Bonchev–Trinajstić information content (AvgIpc) is 2.56. The molecule has 0 spiro atoms. The molecule has 1 aliphatic rings. The molecule has 0 bridgehead atoms. The zero-order chi connectivity index (χ0) is 9.42. The Hall–Kier alpha value is -1.08. The number of hydrogen-bond donors (Lipinski definition) is 0. The molecule has 1 heteroatoms. The molecule has 1 aliphatic carbocycles.